The summed E-state index contributed by atoms with van der Waals surface area (Å²) in [5.74, 6) is 0.250. The fourth-order valence-electron chi connectivity index (χ4n) is 2.65. The van der Waals surface area contributed by atoms with Gasteiger partial charge in [-0.3, -0.25) is 4.79 Å². The van der Waals surface area contributed by atoms with Crippen molar-refractivity contribution in [1.82, 2.24) is 5.32 Å². The molecule has 1 aromatic carbocycles. The van der Waals surface area contributed by atoms with E-state index in [1.807, 2.05) is 13.0 Å². The van der Waals surface area contributed by atoms with E-state index in [4.69, 9.17) is 5.73 Å². The Bertz CT molecular complexity index is 459. The second-order valence-corrected chi connectivity index (χ2v) is 5.49. The molecule has 1 aliphatic carbocycles. The van der Waals surface area contributed by atoms with Crippen LogP contribution in [0.25, 0.3) is 0 Å². The van der Waals surface area contributed by atoms with E-state index < -0.39 is 0 Å². The summed E-state index contributed by atoms with van der Waals surface area (Å²) in [7, 11) is 0. The van der Waals surface area contributed by atoms with E-state index in [0.717, 1.165) is 31.2 Å². The van der Waals surface area contributed by atoms with Crippen molar-refractivity contribution < 1.29 is 9.90 Å². The predicted molar refractivity (Wildman–Crippen MR) is 75.9 cm³/mol. The third kappa shape index (κ3) is 3.70. The summed E-state index contributed by atoms with van der Waals surface area (Å²) in [6.07, 6.45) is 3.56. The van der Waals surface area contributed by atoms with Gasteiger partial charge in [-0.1, -0.05) is 18.1 Å². The quantitative estimate of drug-likeness (QED) is 0.728. The second-order valence-electron chi connectivity index (χ2n) is 5.49. The van der Waals surface area contributed by atoms with Gasteiger partial charge >= 0.3 is 0 Å². The lowest BCUT2D eigenvalue weighted by Crippen LogP contribution is -2.33. The summed E-state index contributed by atoms with van der Waals surface area (Å²) < 4.78 is 0. The van der Waals surface area contributed by atoms with Crippen molar-refractivity contribution >= 4 is 11.6 Å². The van der Waals surface area contributed by atoms with Crippen LogP contribution in [0, 0.1) is 12.8 Å². The zero-order valence-corrected chi connectivity index (χ0v) is 11.4. The first-order valence-electron chi connectivity index (χ1n) is 6.88. The molecule has 0 bridgehead atoms. The van der Waals surface area contributed by atoms with Crippen LogP contribution in [-0.2, 0) is 0 Å². The van der Waals surface area contributed by atoms with Gasteiger partial charge in [0.25, 0.3) is 5.91 Å². The van der Waals surface area contributed by atoms with Crippen LogP contribution in [0.4, 0.5) is 5.69 Å². The number of aliphatic hydroxyl groups excluding tert-OH is 1. The Hall–Kier alpha value is -1.55. The average Bonchev–Trinajstić information content (AvgIpc) is 2.39. The number of anilines is 1. The number of nitrogen functional groups attached to an aromatic ring is 1. The van der Waals surface area contributed by atoms with Crippen LogP contribution in [0.2, 0.25) is 0 Å². The van der Waals surface area contributed by atoms with Crippen LogP contribution in [0.1, 0.15) is 41.6 Å². The predicted octanol–water partition coefficient (Wildman–Crippen LogP) is 1.86. The first-order chi connectivity index (χ1) is 9.06. The SMILES string of the molecule is Cc1ccc(N)c(C(=O)NCC2CCCC(O)C2)c1. The molecule has 1 amide bonds. The maximum Gasteiger partial charge on any atom is 0.253 e. The molecular formula is C15H22N2O2. The van der Waals surface area contributed by atoms with E-state index in [1.165, 1.54) is 0 Å². The minimum Gasteiger partial charge on any atom is -0.398 e. The van der Waals surface area contributed by atoms with Gasteiger partial charge in [0.2, 0.25) is 0 Å². The lowest BCUT2D eigenvalue weighted by Gasteiger charge is -2.26. The number of rotatable bonds is 3. The molecule has 0 radical (unpaired) electrons. The van der Waals surface area contributed by atoms with Gasteiger partial charge in [0.15, 0.2) is 0 Å². The van der Waals surface area contributed by atoms with Gasteiger partial charge in [-0.05, 0) is 44.2 Å². The van der Waals surface area contributed by atoms with Gasteiger partial charge in [0.05, 0.1) is 11.7 Å². The van der Waals surface area contributed by atoms with Crippen molar-refractivity contribution in [3.63, 3.8) is 0 Å². The van der Waals surface area contributed by atoms with Crippen LogP contribution in [0.3, 0.4) is 0 Å². The van der Waals surface area contributed by atoms with Gasteiger partial charge in [-0.25, -0.2) is 0 Å². The summed E-state index contributed by atoms with van der Waals surface area (Å²) in [4.78, 5) is 12.1. The minimum atomic E-state index is -0.209. The number of nitrogens with two attached hydrogens (primary N) is 1. The molecule has 2 atom stereocenters. The van der Waals surface area contributed by atoms with E-state index in [1.54, 1.807) is 12.1 Å². The number of carbonyl (C=O) groups is 1. The number of aryl methyl sites for hydroxylation is 1. The highest BCUT2D eigenvalue weighted by atomic mass is 16.3. The molecule has 0 spiro atoms. The molecule has 0 heterocycles. The summed E-state index contributed by atoms with van der Waals surface area (Å²) in [5, 5.41) is 12.5. The fraction of sp³-hybridized carbons (Fsp3) is 0.533. The van der Waals surface area contributed by atoms with E-state index in [2.05, 4.69) is 5.32 Å². The molecule has 2 unspecified atom stereocenters. The molecule has 4 heteroatoms. The Balaban J connectivity index is 1.92. The maximum atomic E-state index is 12.1. The lowest BCUT2D eigenvalue weighted by molar-refractivity contribution is 0.0874. The highest BCUT2D eigenvalue weighted by Crippen LogP contribution is 2.23. The smallest absolute Gasteiger partial charge is 0.253 e. The summed E-state index contributed by atoms with van der Waals surface area (Å²) >= 11 is 0. The third-order valence-electron chi connectivity index (χ3n) is 3.76. The Morgan fingerprint density at radius 2 is 2.26 bits per heavy atom. The third-order valence-corrected chi connectivity index (χ3v) is 3.76. The molecule has 1 saturated carbocycles. The first kappa shape index (κ1) is 13.9. The number of hydrogen-bond donors (Lipinski definition) is 3. The maximum absolute atomic E-state index is 12.1. The number of aliphatic hydroxyl groups is 1. The van der Waals surface area contributed by atoms with Gasteiger partial charge < -0.3 is 16.2 Å². The topological polar surface area (TPSA) is 75.4 Å². The molecule has 1 fully saturated rings. The zero-order valence-electron chi connectivity index (χ0n) is 11.4. The number of nitrogens with one attached hydrogen (secondary N) is 1. The molecule has 0 aromatic heterocycles. The molecule has 1 aliphatic rings. The number of amides is 1. The Morgan fingerprint density at radius 1 is 1.47 bits per heavy atom. The number of carbonyl (C=O) groups excluding carboxylic acids is 1. The minimum absolute atomic E-state index is 0.124. The van der Waals surface area contributed by atoms with Crippen molar-refractivity contribution in [2.24, 2.45) is 5.92 Å². The molecule has 4 nitrogen and oxygen atoms in total. The molecular weight excluding hydrogens is 240 g/mol. The summed E-state index contributed by atoms with van der Waals surface area (Å²) in [6.45, 7) is 2.55. The highest BCUT2D eigenvalue weighted by molar-refractivity contribution is 5.99. The summed E-state index contributed by atoms with van der Waals surface area (Å²) in [6, 6.07) is 5.46. The number of benzene rings is 1. The van der Waals surface area contributed by atoms with E-state index in [0.29, 0.717) is 23.7 Å². The van der Waals surface area contributed by atoms with E-state index >= 15 is 0 Å². The van der Waals surface area contributed by atoms with Crippen molar-refractivity contribution in [2.75, 3.05) is 12.3 Å². The Kier molecular flexibility index (Phi) is 4.43. The standard InChI is InChI=1S/C15H22N2O2/c1-10-5-6-14(16)13(7-10)15(19)17-9-11-3-2-4-12(18)8-11/h5-7,11-12,18H,2-4,8-9,16H2,1H3,(H,17,19). The van der Waals surface area contributed by atoms with Gasteiger partial charge in [0, 0.05) is 12.2 Å². The molecule has 2 rings (SSSR count). The fourth-order valence-corrected chi connectivity index (χ4v) is 2.65. The largest absolute Gasteiger partial charge is 0.398 e. The van der Waals surface area contributed by atoms with Crippen molar-refractivity contribution in [2.45, 2.75) is 38.7 Å². The van der Waals surface area contributed by atoms with Gasteiger partial charge in [0.1, 0.15) is 0 Å². The molecule has 19 heavy (non-hydrogen) atoms. The lowest BCUT2D eigenvalue weighted by atomic mass is 9.87. The van der Waals surface area contributed by atoms with Crippen LogP contribution >= 0.6 is 0 Å². The van der Waals surface area contributed by atoms with Crippen LogP contribution in [0.5, 0.6) is 0 Å². The van der Waals surface area contributed by atoms with Crippen molar-refractivity contribution in [1.29, 1.82) is 0 Å². The molecule has 1 aromatic rings. The normalized spacial score (nSPS) is 23.1. The molecule has 0 aliphatic heterocycles. The molecule has 104 valence electrons. The van der Waals surface area contributed by atoms with Crippen LogP contribution in [-0.4, -0.2) is 23.7 Å². The Morgan fingerprint density at radius 3 is 3.00 bits per heavy atom. The highest BCUT2D eigenvalue weighted by Gasteiger charge is 2.21. The summed E-state index contributed by atoms with van der Waals surface area (Å²) in [5.41, 5.74) is 7.89. The van der Waals surface area contributed by atoms with E-state index in [-0.39, 0.29) is 12.0 Å². The van der Waals surface area contributed by atoms with Crippen LogP contribution < -0.4 is 11.1 Å². The number of hydrogen-bond acceptors (Lipinski definition) is 3. The van der Waals surface area contributed by atoms with Gasteiger partial charge in [-0.2, -0.15) is 0 Å². The Labute approximate surface area is 114 Å². The van der Waals surface area contributed by atoms with Gasteiger partial charge in [-0.15, -0.1) is 0 Å². The van der Waals surface area contributed by atoms with Crippen molar-refractivity contribution in [3.05, 3.63) is 29.3 Å². The zero-order chi connectivity index (χ0) is 13.8. The first-order valence-corrected chi connectivity index (χ1v) is 6.88. The monoisotopic (exact) mass is 262 g/mol. The molecule has 4 N–H and O–H groups in total. The molecule has 0 saturated heterocycles. The average molecular weight is 262 g/mol. The van der Waals surface area contributed by atoms with Crippen molar-refractivity contribution in [3.8, 4) is 0 Å². The second kappa shape index (κ2) is 6.06. The van der Waals surface area contributed by atoms with E-state index in [9.17, 15) is 9.90 Å². The van der Waals surface area contributed by atoms with Crippen LogP contribution in [0.15, 0.2) is 18.2 Å².